The molecule has 2 N–H and O–H groups in total. The van der Waals surface area contributed by atoms with Gasteiger partial charge < -0.3 is 24.7 Å². The lowest BCUT2D eigenvalue weighted by atomic mass is 10.1. The van der Waals surface area contributed by atoms with E-state index in [2.05, 4.69) is 20.6 Å². The highest BCUT2D eigenvalue weighted by molar-refractivity contribution is 6.03. The zero-order chi connectivity index (χ0) is 26.3. The first-order chi connectivity index (χ1) is 17.6. The fourth-order valence-electron chi connectivity index (χ4n) is 4.01. The van der Waals surface area contributed by atoms with Crippen molar-refractivity contribution in [1.82, 2.24) is 19.9 Å². The van der Waals surface area contributed by atoms with E-state index in [-0.39, 0.29) is 11.8 Å². The lowest BCUT2D eigenvalue weighted by molar-refractivity contribution is -0.117. The summed E-state index contributed by atoms with van der Waals surface area (Å²) < 4.78 is 11.5. The van der Waals surface area contributed by atoms with Crippen molar-refractivity contribution in [2.45, 2.75) is 45.8 Å². The number of nitrogens with zero attached hydrogens (tertiary/aromatic N) is 4. The number of pyridine rings is 2. The molecule has 0 unspecified atom stereocenters. The number of ether oxygens (including phenoxy) is 1. The molecule has 3 aromatic heterocycles. The maximum Gasteiger partial charge on any atom is 0.410 e. The minimum absolute atomic E-state index is 0.0120. The van der Waals surface area contributed by atoms with E-state index in [0.29, 0.717) is 40.7 Å². The molecular weight excluding hydrogens is 472 g/mol. The fraction of sp³-hybridized carbons (Fsp3) is 0.370. The zero-order valence-electron chi connectivity index (χ0n) is 21.6. The molecule has 0 aliphatic heterocycles. The molecule has 4 aromatic rings. The van der Waals surface area contributed by atoms with Crippen LogP contribution in [0.1, 0.15) is 39.2 Å². The molecule has 10 heteroatoms. The van der Waals surface area contributed by atoms with Crippen molar-refractivity contribution in [2.75, 3.05) is 24.7 Å². The number of benzene rings is 1. The number of fused-ring (bicyclic) bond motifs is 2. The van der Waals surface area contributed by atoms with Gasteiger partial charge in [-0.15, -0.1) is 0 Å². The predicted molar refractivity (Wildman–Crippen MR) is 141 cm³/mol. The standard InChI is InChI=1S/C27H30N6O4/c1-27(2,3)37-26(35)33(5)14-15-6-9-21-20(10-15)31-25(36-21)19-13-30-23(28-4)18-12-29-22(11-17(18)19)32-24(34)16-7-8-16/h6,9-13,16H,7-8,14H2,1-5H3,(H,28,30)(H,29,32,34). The fourth-order valence-corrected chi connectivity index (χ4v) is 4.01. The van der Waals surface area contributed by atoms with Crippen molar-refractivity contribution in [3.05, 3.63) is 42.2 Å². The van der Waals surface area contributed by atoms with Crippen molar-refractivity contribution in [3.8, 4) is 11.5 Å². The van der Waals surface area contributed by atoms with Gasteiger partial charge in [0.1, 0.15) is 22.8 Å². The first-order valence-electron chi connectivity index (χ1n) is 12.2. The molecule has 1 aromatic carbocycles. The lowest BCUT2D eigenvalue weighted by Crippen LogP contribution is -2.33. The number of carbonyl (C=O) groups is 2. The van der Waals surface area contributed by atoms with Gasteiger partial charge in [-0.2, -0.15) is 0 Å². The summed E-state index contributed by atoms with van der Waals surface area (Å²) in [5.74, 6) is 1.60. The number of nitrogens with one attached hydrogen (secondary N) is 2. The highest BCUT2D eigenvalue weighted by atomic mass is 16.6. The van der Waals surface area contributed by atoms with Gasteiger partial charge in [-0.3, -0.25) is 4.79 Å². The number of oxazole rings is 1. The Morgan fingerprint density at radius 1 is 1.14 bits per heavy atom. The lowest BCUT2D eigenvalue weighted by Gasteiger charge is -2.24. The van der Waals surface area contributed by atoms with E-state index in [1.807, 2.05) is 45.0 Å². The Bertz CT molecular complexity index is 1500. The number of hydrogen-bond donors (Lipinski definition) is 2. The van der Waals surface area contributed by atoms with E-state index in [9.17, 15) is 9.59 Å². The second kappa shape index (κ2) is 9.34. The van der Waals surface area contributed by atoms with Gasteiger partial charge in [0.2, 0.25) is 11.8 Å². The largest absolute Gasteiger partial charge is 0.444 e. The Balaban J connectivity index is 1.46. The molecule has 0 radical (unpaired) electrons. The van der Waals surface area contributed by atoms with Gasteiger partial charge in [-0.05, 0) is 57.4 Å². The zero-order valence-corrected chi connectivity index (χ0v) is 21.6. The van der Waals surface area contributed by atoms with Crippen LogP contribution in [0.25, 0.3) is 33.3 Å². The molecule has 192 valence electrons. The Morgan fingerprint density at radius 3 is 2.62 bits per heavy atom. The Hall–Kier alpha value is -4.21. The second-order valence-electron chi connectivity index (χ2n) is 10.3. The van der Waals surface area contributed by atoms with Gasteiger partial charge >= 0.3 is 6.09 Å². The number of aromatic nitrogens is 3. The van der Waals surface area contributed by atoms with Crippen molar-refractivity contribution in [2.24, 2.45) is 5.92 Å². The number of amides is 2. The SMILES string of the molecule is CNc1ncc(-c2nc3cc(CN(C)C(=O)OC(C)(C)C)ccc3o2)c2cc(NC(=O)C3CC3)ncc12. The third-order valence-corrected chi connectivity index (χ3v) is 6.02. The summed E-state index contributed by atoms with van der Waals surface area (Å²) in [5, 5.41) is 7.57. The van der Waals surface area contributed by atoms with Crippen LogP contribution in [0, 0.1) is 5.92 Å². The Morgan fingerprint density at radius 2 is 1.92 bits per heavy atom. The van der Waals surface area contributed by atoms with Gasteiger partial charge in [0.05, 0.1) is 5.56 Å². The maximum absolute atomic E-state index is 12.4. The summed E-state index contributed by atoms with van der Waals surface area (Å²) in [6, 6.07) is 7.45. The number of anilines is 2. The van der Waals surface area contributed by atoms with Crippen molar-refractivity contribution in [3.63, 3.8) is 0 Å². The van der Waals surface area contributed by atoms with Gasteiger partial charge in [0, 0.05) is 49.7 Å². The molecule has 10 nitrogen and oxygen atoms in total. The highest BCUT2D eigenvalue weighted by Gasteiger charge is 2.30. The quantitative estimate of drug-likeness (QED) is 0.369. The number of rotatable bonds is 6. The minimum Gasteiger partial charge on any atom is -0.444 e. The van der Waals surface area contributed by atoms with E-state index < -0.39 is 11.7 Å². The molecule has 1 saturated carbocycles. The van der Waals surface area contributed by atoms with Crippen LogP contribution in [0.5, 0.6) is 0 Å². The molecule has 0 atom stereocenters. The average molecular weight is 503 g/mol. The van der Waals surface area contributed by atoms with Crippen molar-refractivity contribution >= 4 is 45.5 Å². The monoisotopic (exact) mass is 502 g/mol. The third-order valence-electron chi connectivity index (χ3n) is 6.02. The predicted octanol–water partition coefficient (Wildman–Crippen LogP) is 5.20. The van der Waals surface area contributed by atoms with E-state index in [0.717, 1.165) is 29.2 Å². The minimum atomic E-state index is -0.563. The van der Waals surface area contributed by atoms with Crippen LogP contribution >= 0.6 is 0 Å². The van der Waals surface area contributed by atoms with Crippen LogP contribution in [-0.2, 0) is 16.1 Å². The van der Waals surface area contributed by atoms with Gasteiger partial charge in [0.15, 0.2) is 5.58 Å². The van der Waals surface area contributed by atoms with Crippen LogP contribution in [-0.4, -0.2) is 51.5 Å². The van der Waals surface area contributed by atoms with Crippen LogP contribution in [0.15, 0.2) is 41.1 Å². The summed E-state index contributed by atoms with van der Waals surface area (Å²) in [6.45, 7) is 5.88. The van der Waals surface area contributed by atoms with Crippen molar-refractivity contribution in [1.29, 1.82) is 0 Å². The van der Waals surface area contributed by atoms with Crippen LogP contribution in [0.4, 0.5) is 16.4 Å². The summed E-state index contributed by atoms with van der Waals surface area (Å²) in [4.78, 5) is 39.8. The molecule has 0 spiro atoms. The smallest absolute Gasteiger partial charge is 0.410 e. The van der Waals surface area contributed by atoms with Crippen LogP contribution in [0.2, 0.25) is 0 Å². The molecular formula is C27H30N6O4. The van der Waals surface area contributed by atoms with Crippen LogP contribution in [0.3, 0.4) is 0 Å². The average Bonchev–Trinajstić information content (AvgIpc) is 3.61. The maximum atomic E-state index is 12.4. The topological polar surface area (TPSA) is 122 Å². The van der Waals surface area contributed by atoms with E-state index in [1.165, 1.54) is 4.90 Å². The third kappa shape index (κ3) is 5.32. The first kappa shape index (κ1) is 24.5. The summed E-state index contributed by atoms with van der Waals surface area (Å²) in [7, 11) is 3.49. The summed E-state index contributed by atoms with van der Waals surface area (Å²) >= 11 is 0. The van der Waals surface area contributed by atoms with Gasteiger partial charge in [-0.1, -0.05) is 6.07 Å². The Labute approximate surface area is 214 Å². The molecule has 37 heavy (non-hydrogen) atoms. The van der Waals surface area contributed by atoms with E-state index >= 15 is 0 Å². The molecule has 1 aliphatic rings. The molecule has 1 aliphatic carbocycles. The second-order valence-corrected chi connectivity index (χ2v) is 10.3. The van der Waals surface area contributed by atoms with Gasteiger partial charge in [0.25, 0.3) is 0 Å². The van der Waals surface area contributed by atoms with E-state index in [4.69, 9.17) is 14.1 Å². The summed E-state index contributed by atoms with van der Waals surface area (Å²) in [5.41, 5.74) is 2.28. The number of hydrogen-bond acceptors (Lipinski definition) is 8. The molecule has 0 bridgehead atoms. The van der Waals surface area contributed by atoms with Crippen molar-refractivity contribution < 1.29 is 18.7 Å². The number of carbonyl (C=O) groups excluding carboxylic acids is 2. The molecule has 2 amide bonds. The molecule has 5 rings (SSSR count). The first-order valence-corrected chi connectivity index (χ1v) is 12.2. The molecule has 1 fully saturated rings. The van der Waals surface area contributed by atoms with Gasteiger partial charge in [-0.25, -0.2) is 19.7 Å². The molecule has 3 heterocycles. The molecule has 0 saturated heterocycles. The highest BCUT2D eigenvalue weighted by Crippen LogP contribution is 2.35. The summed E-state index contributed by atoms with van der Waals surface area (Å²) in [6.07, 6.45) is 4.82. The normalized spacial score (nSPS) is 13.5. The van der Waals surface area contributed by atoms with Crippen LogP contribution < -0.4 is 10.6 Å². The Kier molecular flexibility index (Phi) is 6.18. The van der Waals surface area contributed by atoms with E-state index in [1.54, 1.807) is 26.5 Å².